The monoisotopic (exact) mass is 402 g/mol. The van der Waals surface area contributed by atoms with Crippen LogP contribution < -0.4 is 15.5 Å². The first-order valence-corrected chi connectivity index (χ1v) is 10.7. The topological polar surface area (TPSA) is 84.3 Å². The minimum Gasteiger partial charge on any atom is -0.354 e. The lowest BCUT2D eigenvalue weighted by Gasteiger charge is -2.48. The van der Waals surface area contributed by atoms with E-state index in [0.29, 0.717) is 5.56 Å². The van der Waals surface area contributed by atoms with Crippen molar-refractivity contribution in [2.45, 2.75) is 18.4 Å². The molecule has 7 nitrogen and oxygen atoms in total. The molecule has 4 heterocycles. The molecule has 0 saturated carbocycles. The third-order valence-corrected chi connectivity index (χ3v) is 6.73. The Labute approximate surface area is 176 Å². The van der Waals surface area contributed by atoms with Gasteiger partial charge in [0.25, 0.3) is 0 Å². The van der Waals surface area contributed by atoms with Gasteiger partial charge in [-0.15, -0.1) is 0 Å². The number of carbonyl (C=O) groups is 1. The molecule has 0 radical (unpaired) electrons. The Morgan fingerprint density at radius 2 is 2.13 bits per heavy atom. The second-order valence-corrected chi connectivity index (χ2v) is 8.39. The third kappa shape index (κ3) is 3.22. The Hall–Kier alpha value is -2.95. The van der Waals surface area contributed by atoms with Crippen LogP contribution in [0.5, 0.6) is 0 Å². The molecular formula is C23H26N6O. The van der Waals surface area contributed by atoms with Crippen molar-refractivity contribution < 1.29 is 4.79 Å². The fourth-order valence-electron chi connectivity index (χ4n) is 5.12. The number of aromatic nitrogens is 1. The Bertz CT molecular complexity index is 964. The van der Waals surface area contributed by atoms with Crippen molar-refractivity contribution in [3.05, 3.63) is 59.5 Å². The molecule has 0 bridgehead atoms. The lowest BCUT2D eigenvalue weighted by molar-refractivity contribution is -0.127. The largest absolute Gasteiger partial charge is 0.354 e. The summed E-state index contributed by atoms with van der Waals surface area (Å²) >= 11 is 0. The van der Waals surface area contributed by atoms with Crippen LogP contribution in [0.15, 0.2) is 53.9 Å². The highest BCUT2D eigenvalue weighted by Gasteiger charge is 2.49. The van der Waals surface area contributed by atoms with Crippen molar-refractivity contribution in [3.8, 4) is 6.07 Å². The van der Waals surface area contributed by atoms with Crippen molar-refractivity contribution in [2.24, 2.45) is 5.92 Å². The standard InChI is InChI=1S/C23H26N6O/c24-13-17-5-6-21(25-14-17)29-11-9-28(10-12-29)16-18-3-1-7-23-19(4-2-8-27-23)22(30)26-15-20(18)23/h1,3,5-7,14-15,19,27H,2,4,8-12,16H2,(H,26,30). The van der Waals surface area contributed by atoms with Crippen LogP contribution >= 0.6 is 0 Å². The van der Waals surface area contributed by atoms with Crippen LogP contribution in [-0.4, -0.2) is 60.6 Å². The van der Waals surface area contributed by atoms with Crippen LogP contribution in [0, 0.1) is 17.2 Å². The van der Waals surface area contributed by atoms with E-state index in [-0.39, 0.29) is 17.4 Å². The molecule has 2 unspecified atom stereocenters. The Balaban J connectivity index is 1.27. The Kier molecular flexibility index (Phi) is 4.89. The van der Waals surface area contributed by atoms with Crippen molar-refractivity contribution in [2.75, 3.05) is 44.2 Å². The second kappa shape index (κ2) is 7.71. The quantitative estimate of drug-likeness (QED) is 0.794. The molecule has 1 spiro atoms. The number of amides is 1. The number of nitrogens with zero attached hydrogens (tertiary/aromatic N) is 4. The SMILES string of the molecule is N#Cc1ccc(N2CCN(CC3=CC=CC45NCCCC4C(=O)NC=C35)CC2)nc1. The molecule has 1 aliphatic carbocycles. The van der Waals surface area contributed by atoms with E-state index in [2.05, 4.69) is 49.7 Å². The lowest BCUT2D eigenvalue weighted by Crippen LogP contribution is -2.62. The number of allylic oxidation sites excluding steroid dienone is 2. The minimum atomic E-state index is -0.348. The number of hydrogen-bond donors (Lipinski definition) is 2. The molecule has 1 aromatic heterocycles. The molecule has 1 amide bonds. The average molecular weight is 403 g/mol. The lowest BCUT2D eigenvalue weighted by atomic mass is 9.67. The highest BCUT2D eigenvalue weighted by Crippen LogP contribution is 2.42. The smallest absolute Gasteiger partial charge is 0.229 e. The van der Waals surface area contributed by atoms with Gasteiger partial charge in [0, 0.05) is 45.1 Å². The van der Waals surface area contributed by atoms with Crippen LogP contribution in [0.25, 0.3) is 0 Å². The van der Waals surface area contributed by atoms with Crippen LogP contribution in [0.3, 0.4) is 0 Å². The second-order valence-electron chi connectivity index (χ2n) is 8.39. The molecule has 0 aromatic carbocycles. The van der Waals surface area contributed by atoms with Gasteiger partial charge in [-0.2, -0.15) is 5.26 Å². The van der Waals surface area contributed by atoms with Gasteiger partial charge in [-0.1, -0.05) is 18.2 Å². The van der Waals surface area contributed by atoms with E-state index in [1.807, 2.05) is 18.3 Å². The van der Waals surface area contributed by atoms with E-state index >= 15 is 0 Å². The first kappa shape index (κ1) is 19.0. The number of nitriles is 1. The van der Waals surface area contributed by atoms with E-state index < -0.39 is 0 Å². The molecule has 3 aliphatic heterocycles. The minimum absolute atomic E-state index is 0.0366. The molecule has 4 aliphatic rings. The maximum absolute atomic E-state index is 12.5. The van der Waals surface area contributed by atoms with Gasteiger partial charge in [0.05, 0.1) is 17.0 Å². The predicted molar refractivity (Wildman–Crippen MR) is 115 cm³/mol. The van der Waals surface area contributed by atoms with Crippen molar-refractivity contribution in [3.63, 3.8) is 0 Å². The van der Waals surface area contributed by atoms with Gasteiger partial charge in [-0.05, 0) is 42.7 Å². The highest BCUT2D eigenvalue weighted by atomic mass is 16.2. The molecule has 154 valence electrons. The molecular weight excluding hydrogens is 376 g/mol. The fourth-order valence-corrected chi connectivity index (χ4v) is 5.12. The van der Waals surface area contributed by atoms with E-state index in [1.165, 1.54) is 11.1 Å². The molecule has 2 saturated heterocycles. The molecule has 1 aromatic rings. The summed E-state index contributed by atoms with van der Waals surface area (Å²) in [6.07, 6.45) is 12.0. The van der Waals surface area contributed by atoms with Crippen LogP contribution in [0.1, 0.15) is 18.4 Å². The van der Waals surface area contributed by atoms with E-state index in [0.717, 1.165) is 57.9 Å². The summed E-state index contributed by atoms with van der Waals surface area (Å²) in [5, 5.41) is 15.6. The van der Waals surface area contributed by atoms with Gasteiger partial charge < -0.3 is 15.5 Å². The number of carbonyl (C=O) groups excluding carboxylic acids is 1. The van der Waals surface area contributed by atoms with Crippen molar-refractivity contribution in [1.82, 2.24) is 20.5 Å². The number of piperazine rings is 1. The van der Waals surface area contributed by atoms with Crippen LogP contribution in [-0.2, 0) is 4.79 Å². The molecule has 2 fully saturated rings. The zero-order valence-corrected chi connectivity index (χ0v) is 17.0. The van der Waals surface area contributed by atoms with E-state index in [9.17, 15) is 4.79 Å². The number of pyridine rings is 1. The first-order chi connectivity index (χ1) is 14.7. The highest BCUT2D eigenvalue weighted by molar-refractivity contribution is 5.85. The number of rotatable bonds is 3. The number of nitrogens with one attached hydrogen (secondary N) is 2. The Morgan fingerprint density at radius 3 is 2.90 bits per heavy atom. The number of piperidine rings is 1. The summed E-state index contributed by atoms with van der Waals surface area (Å²) in [5.74, 6) is 1.02. The molecule has 2 N–H and O–H groups in total. The van der Waals surface area contributed by atoms with Gasteiger partial charge in [-0.25, -0.2) is 4.98 Å². The summed E-state index contributed by atoms with van der Waals surface area (Å²) in [5.41, 5.74) is 2.73. The fraction of sp³-hybridized carbons (Fsp3) is 0.435. The van der Waals surface area contributed by atoms with Crippen LogP contribution in [0.4, 0.5) is 5.82 Å². The zero-order chi connectivity index (χ0) is 20.6. The summed E-state index contributed by atoms with van der Waals surface area (Å²) < 4.78 is 0. The number of hydrogen-bond acceptors (Lipinski definition) is 6. The summed E-state index contributed by atoms with van der Waals surface area (Å²) in [4.78, 5) is 21.7. The van der Waals surface area contributed by atoms with Gasteiger partial charge >= 0.3 is 0 Å². The maximum atomic E-state index is 12.5. The zero-order valence-electron chi connectivity index (χ0n) is 17.0. The maximum Gasteiger partial charge on any atom is 0.229 e. The van der Waals surface area contributed by atoms with Crippen molar-refractivity contribution in [1.29, 1.82) is 5.26 Å². The van der Waals surface area contributed by atoms with E-state index in [1.54, 1.807) is 6.20 Å². The first-order valence-electron chi connectivity index (χ1n) is 10.7. The van der Waals surface area contributed by atoms with Gasteiger partial charge in [0.2, 0.25) is 5.91 Å². The van der Waals surface area contributed by atoms with Gasteiger partial charge in [0.1, 0.15) is 11.9 Å². The Morgan fingerprint density at radius 1 is 1.27 bits per heavy atom. The molecule has 30 heavy (non-hydrogen) atoms. The molecule has 5 rings (SSSR count). The molecule has 7 heteroatoms. The molecule has 2 atom stereocenters. The predicted octanol–water partition coefficient (Wildman–Crippen LogP) is 1.32. The summed E-state index contributed by atoms with van der Waals surface area (Å²) in [6, 6.07) is 5.87. The van der Waals surface area contributed by atoms with Gasteiger partial charge in [0.15, 0.2) is 0 Å². The van der Waals surface area contributed by atoms with Crippen LogP contribution in [0.2, 0.25) is 0 Å². The average Bonchev–Trinajstić information content (AvgIpc) is 2.79. The summed E-state index contributed by atoms with van der Waals surface area (Å²) in [7, 11) is 0. The third-order valence-electron chi connectivity index (χ3n) is 6.73. The number of anilines is 1. The van der Waals surface area contributed by atoms with Gasteiger partial charge in [-0.3, -0.25) is 9.69 Å². The van der Waals surface area contributed by atoms with E-state index in [4.69, 9.17) is 5.26 Å². The van der Waals surface area contributed by atoms with Crippen molar-refractivity contribution >= 4 is 11.7 Å². The normalized spacial score (nSPS) is 28.6. The summed E-state index contributed by atoms with van der Waals surface area (Å²) in [6.45, 7) is 5.53.